The molecule has 2 aromatic carbocycles. The molecule has 6 heteroatoms. The summed E-state index contributed by atoms with van der Waals surface area (Å²) in [6, 6.07) is 12.9. The van der Waals surface area contributed by atoms with Crippen LogP contribution in [0.1, 0.15) is 0 Å². The van der Waals surface area contributed by atoms with Crippen molar-refractivity contribution in [1.82, 2.24) is 8.97 Å². The average Bonchev–Trinajstić information content (AvgIpc) is 3.04. The molecule has 5 aromatic rings. The van der Waals surface area contributed by atoms with E-state index in [0.717, 1.165) is 24.3 Å². The number of hydrogen-bond acceptors (Lipinski definition) is 1. The highest BCUT2D eigenvalue weighted by Crippen LogP contribution is 2.34. The molecule has 3 nitrogen and oxygen atoms in total. The molecule has 0 aliphatic rings. The molecule has 122 valence electrons. The van der Waals surface area contributed by atoms with Crippen LogP contribution < -0.4 is 5.56 Å². The molecule has 0 unspecified atom stereocenters. The molecular formula is C19H9F3N2O. The van der Waals surface area contributed by atoms with Crippen LogP contribution in [0.15, 0.2) is 59.4 Å². The predicted octanol–water partition coefficient (Wildman–Crippen LogP) is 4.25. The van der Waals surface area contributed by atoms with E-state index in [1.54, 1.807) is 30.3 Å². The van der Waals surface area contributed by atoms with Crippen molar-refractivity contribution in [3.8, 4) is 5.69 Å². The minimum Gasteiger partial charge on any atom is -0.289 e. The molecule has 3 heterocycles. The van der Waals surface area contributed by atoms with Gasteiger partial charge in [0.15, 0.2) is 0 Å². The largest absolute Gasteiger partial charge is 0.289 e. The Hall–Kier alpha value is -3.28. The van der Waals surface area contributed by atoms with E-state index in [9.17, 15) is 18.0 Å². The van der Waals surface area contributed by atoms with Gasteiger partial charge < -0.3 is 0 Å². The molecule has 0 saturated carbocycles. The van der Waals surface area contributed by atoms with Crippen LogP contribution in [0.3, 0.4) is 0 Å². The molecule has 0 fully saturated rings. The number of halogens is 3. The van der Waals surface area contributed by atoms with Crippen molar-refractivity contribution < 1.29 is 13.2 Å². The van der Waals surface area contributed by atoms with Crippen LogP contribution in [-0.2, 0) is 0 Å². The van der Waals surface area contributed by atoms with Gasteiger partial charge in [-0.3, -0.25) is 13.8 Å². The molecule has 0 bridgehead atoms. The lowest BCUT2D eigenvalue weighted by molar-refractivity contribution is 0.592. The van der Waals surface area contributed by atoms with Gasteiger partial charge in [0.25, 0.3) is 5.56 Å². The first-order valence-electron chi connectivity index (χ1n) is 7.58. The molecule has 5 rings (SSSR count). The van der Waals surface area contributed by atoms with Crippen LogP contribution in [0, 0.1) is 17.5 Å². The van der Waals surface area contributed by atoms with Gasteiger partial charge in [-0.1, -0.05) is 18.2 Å². The third kappa shape index (κ3) is 1.73. The Morgan fingerprint density at radius 2 is 1.48 bits per heavy atom. The Morgan fingerprint density at radius 1 is 0.800 bits per heavy atom. The van der Waals surface area contributed by atoms with Crippen molar-refractivity contribution in [3.05, 3.63) is 82.4 Å². The lowest BCUT2D eigenvalue weighted by Gasteiger charge is -2.03. The Balaban J connectivity index is 2.16. The van der Waals surface area contributed by atoms with E-state index in [4.69, 9.17) is 0 Å². The quantitative estimate of drug-likeness (QED) is 0.449. The number of benzene rings is 2. The van der Waals surface area contributed by atoms with E-state index < -0.39 is 23.0 Å². The summed E-state index contributed by atoms with van der Waals surface area (Å²) in [5, 5.41) is 0.310. The first kappa shape index (κ1) is 14.1. The molecule has 0 saturated heterocycles. The van der Waals surface area contributed by atoms with Crippen LogP contribution >= 0.6 is 0 Å². The summed E-state index contributed by atoms with van der Waals surface area (Å²) >= 11 is 0. The number of rotatable bonds is 1. The number of nitrogens with zero attached hydrogens (tertiary/aromatic N) is 2. The lowest BCUT2D eigenvalue weighted by Crippen LogP contribution is -2.13. The molecule has 0 atom stereocenters. The SMILES string of the molecule is O=c1c2cc(F)cc3c4c(F)cc(F)cc4c(n1-c1ccccc1)n23. The van der Waals surface area contributed by atoms with E-state index >= 15 is 0 Å². The fourth-order valence-electron chi connectivity index (χ4n) is 3.51. The minimum atomic E-state index is -0.794. The highest BCUT2D eigenvalue weighted by Gasteiger charge is 2.23. The Bertz CT molecular complexity index is 1340. The van der Waals surface area contributed by atoms with Gasteiger partial charge in [-0.05, 0) is 24.3 Å². The summed E-state index contributed by atoms with van der Waals surface area (Å²) < 4.78 is 45.1. The second-order valence-corrected chi connectivity index (χ2v) is 5.89. The predicted molar refractivity (Wildman–Crippen MR) is 89.1 cm³/mol. The van der Waals surface area contributed by atoms with Gasteiger partial charge in [-0.2, -0.15) is 0 Å². The molecule has 0 N–H and O–H groups in total. The molecule has 0 aliphatic carbocycles. The fraction of sp³-hybridized carbons (Fsp3) is 0. The van der Waals surface area contributed by atoms with Gasteiger partial charge >= 0.3 is 0 Å². The van der Waals surface area contributed by atoms with Gasteiger partial charge in [-0.15, -0.1) is 0 Å². The summed E-state index contributed by atoms with van der Waals surface area (Å²) in [6.45, 7) is 0. The highest BCUT2D eigenvalue weighted by atomic mass is 19.1. The summed E-state index contributed by atoms with van der Waals surface area (Å²) in [7, 11) is 0. The first-order valence-corrected chi connectivity index (χ1v) is 7.58. The Morgan fingerprint density at radius 3 is 2.24 bits per heavy atom. The number of imidazole rings is 1. The first-order chi connectivity index (χ1) is 12.1. The van der Waals surface area contributed by atoms with Crippen LogP contribution in [0.5, 0.6) is 0 Å². The van der Waals surface area contributed by atoms with Crippen molar-refractivity contribution in [2.24, 2.45) is 0 Å². The van der Waals surface area contributed by atoms with Gasteiger partial charge in [0, 0.05) is 22.9 Å². The third-order valence-corrected chi connectivity index (χ3v) is 4.44. The zero-order chi connectivity index (χ0) is 17.3. The summed E-state index contributed by atoms with van der Waals surface area (Å²) in [5.41, 5.74) is 0.677. The van der Waals surface area contributed by atoms with Gasteiger partial charge in [0.05, 0.1) is 11.2 Å². The third-order valence-electron chi connectivity index (χ3n) is 4.44. The van der Waals surface area contributed by atoms with E-state index in [0.29, 0.717) is 11.3 Å². The van der Waals surface area contributed by atoms with E-state index in [1.165, 1.54) is 8.97 Å². The van der Waals surface area contributed by atoms with E-state index in [2.05, 4.69) is 0 Å². The number of hydrogen-bond donors (Lipinski definition) is 0. The second-order valence-electron chi connectivity index (χ2n) is 5.89. The summed E-state index contributed by atoms with van der Waals surface area (Å²) in [4.78, 5) is 12.9. The van der Waals surface area contributed by atoms with Gasteiger partial charge in [0.2, 0.25) is 0 Å². The molecule has 0 aliphatic heterocycles. The van der Waals surface area contributed by atoms with Crippen LogP contribution in [0.4, 0.5) is 13.2 Å². The van der Waals surface area contributed by atoms with Crippen molar-refractivity contribution in [1.29, 1.82) is 0 Å². The molecule has 3 aromatic heterocycles. The highest BCUT2D eigenvalue weighted by molar-refractivity contribution is 6.09. The average molecular weight is 338 g/mol. The fourth-order valence-corrected chi connectivity index (χ4v) is 3.51. The molecule has 0 spiro atoms. The smallest absolute Gasteiger partial charge is 0.281 e. The second kappa shape index (κ2) is 4.63. The summed E-state index contributed by atoms with van der Waals surface area (Å²) in [6.07, 6.45) is 0. The lowest BCUT2D eigenvalue weighted by atomic mass is 10.1. The zero-order valence-corrected chi connectivity index (χ0v) is 12.6. The number of pyridine rings is 1. The molecular weight excluding hydrogens is 329 g/mol. The van der Waals surface area contributed by atoms with Gasteiger partial charge in [-0.25, -0.2) is 13.2 Å². The molecule has 25 heavy (non-hydrogen) atoms. The zero-order valence-electron chi connectivity index (χ0n) is 12.6. The van der Waals surface area contributed by atoms with Crippen LogP contribution in [0.2, 0.25) is 0 Å². The Kier molecular flexibility index (Phi) is 2.61. The van der Waals surface area contributed by atoms with Crippen molar-refractivity contribution in [2.75, 3.05) is 0 Å². The number of para-hydroxylation sites is 1. The monoisotopic (exact) mass is 338 g/mol. The van der Waals surface area contributed by atoms with E-state index in [-0.39, 0.29) is 21.8 Å². The van der Waals surface area contributed by atoms with Crippen molar-refractivity contribution in [2.45, 2.75) is 0 Å². The normalized spacial score (nSPS) is 12.0. The molecule has 0 radical (unpaired) electrons. The van der Waals surface area contributed by atoms with Gasteiger partial charge in [0.1, 0.15) is 28.6 Å². The topological polar surface area (TPSA) is 26.4 Å². The van der Waals surface area contributed by atoms with Crippen molar-refractivity contribution in [3.63, 3.8) is 0 Å². The van der Waals surface area contributed by atoms with Crippen LogP contribution in [-0.4, -0.2) is 8.97 Å². The minimum absolute atomic E-state index is 0.0739. The number of aromatic nitrogens is 2. The van der Waals surface area contributed by atoms with E-state index in [1.807, 2.05) is 0 Å². The maximum atomic E-state index is 14.4. The van der Waals surface area contributed by atoms with Crippen LogP contribution in [0.25, 0.3) is 33.1 Å². The Labute approximate surface area is 138 Å². The number of fused-ring (bicyclic) bond motifs is 3. The maximum absolute atomic E-state index is 14.4. The van der Waals surface area contributed by atoms with Crippen molar-refractivity contribution >= 4 is 27.5 Å². The molecule has 0 amide bonds. The summed E-state index contributed by atoms with van der Waals surface area (Å²) in [5.74, 6) is -2.20. The maximum Gasteiger partial charge on any atom is 0.281 e. The standard InChI is InChI=1S/C19H9F3N2O/c20-10-6-13-17(14(22)7-10)15-8-11(21)9-16-19(25)23(18(13)24(15)16)12-4-2-1-3-5-12/h1-9H.